The molecule has 0 amide bonds. The summed E-state index contributed by atoms with van der Waals surface area (Å²) in [5.74, 6) is 0. The molecule has 0 fully saturated rings. The van der Waals surface area contributed by atoms with E-state index < -0.39 is 0 Å². The van der Waals surface area contributed by atoms with E-state index in [0.717, 1.165) is 12.0 Å². The number of unbranched alkanes of at least 4 members (excludes halogenated alkanes) is 9. The zero-order chi connectivity index (χ0) is 13.1. The van der Waals surface area contributed by atoms with E-state index in [4.69, 9.17) is 0 Å². The van der Waals surface area contributed by atoms with Crippen LogP contribution in [0.4, 0.5) is 0 Å². The first-order valence-corrected chi connectivity index (χ1v) is 8.48. The Morgan fingerprint density at radius 3 is 1.94 bits per heavy atom. The molecule has 0 aliphatic rings. The highest BCUT2D eigenvalue weighted by molar-refractivity contribution is 7.11. The van der Waals surface area contributed by atoms with Crippen LogP contribution in [0.15, 0.2) is 11.4 Å². The molecule has 0 radical (unpaired) electrons. The van der Waals surface area contributed by atoms with Gasteiger partial charge in [0.1, 0.15) is 0 Å². The van der Waals surface area contributed by atoms with Crippen molar-refractivity contribution in [2.45, 2.75) is 77.6 Å². The van der Waals surface area contributed by atoms with Crippen LogP contribution in [0.25, 0.3) is 0 Å². The van der Waals surface area contributed by atoms with E-state index >= 15 is 0 Å². The third kappa shape index (κ3) is 7.05. The van der Waals surface area contributed by atoms with Crippen LogP contribution in [0.5, 0.6) is 5.06 Å². The highest BCUT2D eigenvalue weighted by atomic mass is 32.1. The average Bonchev–Trinajstić information content (AvgIpc) is 2.77. The van der Waals surface area contributed by atoms with E-state index in [1.807, 2.05) is 11.4 Å². The summed E-state index contributed by atoms with van der Waals surface area (Å²) in [7, 11) is 0. The zero-order valence-electron chi connectivity index (χ0n) is 11.8. The molecule has 1 rings (SSSR count). The molecule has 0 spiro atoms. The molecule has 0 atom stereocenters. The largest absolute Gasteiger partial charge is 0.499 e. The van der Waals surface area contributed by atoms with Crippen LogP contribution in [-0.4, -0.2) is 5.11 Å². The highest BCUT2D eigenvalue weighted by Gasteiger charge is 2.01. The van der Waals surface area contributed by atoms with E-state index in [2.05, 4.69) is 6.92 Å². The summed E-state index contributed by atoms with van der Waals surface area (Å²) in [6.45, 7) is 2.27. The molecule has 1 N–H and O–H groups in total. The molecule has 0 saturated carbocycles. The van der Waals surface area contributed by atoms with Crippen LogP contribution in [0.3, 0.4) is 0 Å². The Morgan fingerprint density at radius 2 is 1.44 bits per heavy atom. The van der Waals surface area contributed by atoms with Crippen LogP contribution >= 0.6 is 11.3 Å². The molecule has 0 aromatic carbocycles. The number of hydrogen-bond donors (Lipinski definition) is 1. The van der Waals surface area contributed by atoms with Gasteiger partial charge >= 0.3 is 0 Å². The monoisotopic (exact) mass is 268 g/mol. The second-order valence-corrected chi connectivity index (χ2v) is 6.08. The summed E-state index contributed by atoms with van der Waals surface area (Å²) >= 11 is 1.44. The van der Waals surface area contributed by atoms with Crippen molar-refractivity contribution in [1.82, 2.24) is 0 Å². The lowest BCUT2D eigenvalue weighted by molar-refractivity contribution is 0.481. The fraction of sp³-hybridized carbons (Fsp3) is 0.750. The minimum absolute atomic E-state index is 0.519. The van der Waals surface area contributed by atoms with Gasteiger partial charge < -0.3 is 5.11 Å². The molecular formula is C16H28OS. The van der Waals surface area contributed by atoms with Crippen molar-refractivity contribution in [3.63, 3.8) is 0 Å². The quantitative estimate of drug-likeness (QED) is 0.494. The number of thiophene rings is 1. The summed E-state index contributed by atoms with van der Waals surface area (Å²) in [6, 6.07) is 2.05. The Morgan fingerprint density at radius 1 is 0.889 bits per heavy atom. The molecule has 0 aliphatic heterocycles. The normalized spacial score (nSPS) is 10.9. The number of rotatable bonds is 11. The zero-order valence-corrected chi connectivity index (χ0v) is 12.6. The molecule has 0 aliphatic carbocycles. The van der Waals surface area contributed by atoms with Gasteiger partial charge in [-0.25, -0.2) is 0 Å². The van der Waals surface area contributed by atoms with E-state index in [1.165, 1.54) is 75.5 Å². The third-order valence-electron chi connectivity index (χ3n) is 3.52. The predicted octanol–water partition coefficient (Wildman–Crippen LogP) is 5.92. The van der Waals surface area contributed by atoms with Crippen LogP contribution < -0.4 is 0 Å². The van der Waals surface area contributed by atoms with Gasteiger partial charge in [0.25, 0.3) is 0 Å². The lowest BCUT2D eigenvalue weighted by Gasteiger charge is -2.02. The van der Waals surface area contributed by atoms with Crippen LogP contribution in [0, 0.1) is 0 Å². The Hall–Kier alpha value is -0.500. The molecule has 0 saturated heterocycles. The first-order valence-electron chi connectivity index (χ1n) is 7.60. The van der Waals surface area contributed by atoms with Gasteiger partial charge in [-0.05, 0) is 24.3 Å². The smallest absolute Gasteiger partial charge is 0.174 e. The van der Waals surface area contributed by atoms with Crippen molar-refractivity contribution in [3.05, 3.63) is 17.0 Å². The van der Waals surface area contributed by atoms with Gasteiger partial charge in [-0.3, -0.25) is 0 Å². The maximum Gasteiger partial charge on any atom is 0.174 e. The second-order valence-electron chi connectivity index (χ2n) is 5.18. The maximum absolute atomic E-state index is 9.51. The molecular weight excluding hydrogens is 240 g/mol. The van der Waals surface area contributed by atoms with Crippen molar-refractivity contribution in [2.75, 3.05) is 0 Å². The molecule has 1 nitrogen and oxygen atoms in total. The maximum atomic E-state index is 9.51. The highest BCUT2D eigenvalue weighted by Crippen LogP contribution is 2.25. The fourth-order valence-electron chi connectivity index (χ4n) is 2.32. The lowest BCUT2D eigenvalue weighted by Crippen LogP contribution is -1.85. The number of hydrogen-bond acceptors (Lipinski definition) is 2. The summed E-state index contributed by atoms with van der Waals surface area (Å²) in [6.07, 6.45) is 14.8. The van der Waals surface area contributed by atoms with Gasteiger partial charge in [-0.1, -0.05) is 64.7 Å². The topological polar surface area (TPSA) is 20.2 Å². The molecule has 1 heterocycles. The predicted molar refractivity (Wildman–Crippen MR) is 81.5 cm³/mol. The molecule has 2 heteroatoms. The Labute approximate surface area is 116 Å². The molecule has 104 valence electrons. The lowest BCUT2D eigenvalue weighted by atomic mass is 10.0. The number of aromatic hydroxyl groups is 1. The Balaban J connectivity index is 1.83. The van der Waals surface area contributed by atoms with Gasteiger partial charge in [0.05, 0.1) is 0 Å². The molecule has 0 unspecified atom stereocenters. The van der Waals surface area contributed by atoms with Gasteiger partial charge in [0.15, 0.2) is 5.06 Å². The minimum atomic E-state index is 0.519. The standard InChI is InChI=1S/C16H28OS/c1-2-3-4-5-6-7-8-9-10-11-12-15-13-14-18-16(15)17/h13-14,17H,2-12H2,1H3. The van der Waals surface area contributed by atoms with Gasteiger partial charge in [0, 0.05) is 5.56 Å². The molecule has 18 heavy (non-hydrogen) atoms. The SMILES string of the molecule is CCCCCCCCCCCCc1ccsc1O. The molecule has 0 bridgehead atoms. The van der Waals surface area contributed by atoms with Crippen molar-refractivity contribution in [1.29, 1.82) is 0 Å². The first kappa shape index (κ1) is 15.6. The van der Waals surface area contributed by atoms with Crippen LogP contribution in [-0.2, 0) is 6.42 Å². The van der Waals surface area contributed by atoms with E-state index in [-0.39, 0.29) is 0 Å². The van der Waals surface area contributed by atoms with E-state index in [0.29, 0.717) is 5.06 Å². The van der Waals surface area contributed by atoms with Crippen LogP contribution in [0.2, 0.25) is 0 Å². The van der Waals surface area contributed by atoms with Crippen molar-refractivity contribution < 1.29 is 5.11 Å². The molecule has 1 aromatic rings. The summed E-state index contributed by atoms with van der Waals surface area (Å²) < 4.78 is 0. The van der Waals surface area contributed by atoms with Crippen molar-refractivity contribution in [2.24, 2.45) is 0 Å². The second kappa shape index (κ2) is 10.4. The van der Waals surface area contributed by atoms with Crippen molar-refractivity contribution in [3.8, 4) is 5.06 Å². The molecule has 1 aromatic heterocycles. The summed E-state index contributed by atoms with van der Waals surface area (Å²) in [5, 5.41) is 12.0. The third-order valence-corrected chi connectivity index (χ3v) is 4.28. The first-order chi connectivity index (χ1) is 8.84. The fourth-order valence-corrected chi connectivity index (χ4v) is 3.00. The van der Waals surface area contributed by atoms with Gasteiger partial charge in [-0.2, -0.15) is 0 Å². The Kier molecular flexibility index (Phi) is 9.01. The summed E-state index contributed by atoms with van der Waals surface area (Å²) in [4.78, 5) is 0. The van der Waals surface area contributed by atoms with Gasteiger partial charge in [0.2, 0.25) is 0 Å². The van der Waals surface area contributed by atoms with Crippen molar-refractivity contribution >= 4 is 11.3 Å². The van der Waals surface area contributed by atoms with Gasteiger partial charge in [-0.15, -0.1) is 11.3 Å². The summed E-state index contributed by atoms with van der Waals surface area (Å²) in [5.41, 5.74) is 1.14. The minimum Gasteiger partial charge on any atom is -0.499 e. The average molecular weight is 268 g/mol. The number of aryl methyl sites for hydroxylation is 1. The Bertz CT molecular complexity index is 293. The van der Waals surface area contributed by atoms with Crippen LogP contribution in [0.1, 0.15) is 76.7 Å². The van der Waals surface area contributed by atoms with E-state index in [1.54, 1.807) is 0 Å². The van der Waals surface area contributed by atoms with E-state index in [9.17, 15) is 5.11 Å².